The molecule has 1 aliphatic heterocycles. The molecule has 1 unspecified atom stereocenters. The number of hydrogen-bond donors (Lipinski definition) is 0. The second-order valence-corrected chi connectivity index (χ2v) is 6.31. The van der Waals surface area contributed by atoms with Gasteiger partial charge in [-0.3, -0.25) is 4.79 Å². The zero-order valence-electron chi connectivity index (χ0n) is 11.6. The monoisotopic (exact) mass is 350 g/mol. The molecule has 0 radical (unpaired) electrons. The number of carbonyl (C=O) groups excluding carboxylic acids is 2. The molecule has 0 aromatic heterocycles. The van der Waals surface area contributed by atoms with Crippen molar-refractivity contribution in [2.45, 2.75) is 31.3 Å². The Kier molecular flexibility index (Phi) is 3.61. The molecule has 5 heteroatoms. The lowest BCUT2D eigenvalue weighted by Crippen LogP contribution is -2.39. The summed E-state index contributed by atoms with van der Waals surface area (Å²) in [4.78, 5) is 23.9. The van der Waals surface area contributed by atoms with E-state index in [1.165, 1.54) is 18.9 Å². The van der Waals surface area contributed by atoms with E-state index in [0.717, 1.165) is 29.3 Å². The zero-order chi connectivity index (χ0) is 15.0. The molecule has 1 aromatic carbocycles. The SMILES string of the molecule is COC(=O)C1=COC2(CCCc3ccc(Br)cc32)CC1=O. The van der Waals surface area contributed by atoms with E-state index in [4.69, 9.17) is 4.74 Å². The molecule has 0 bridgehead atoms. The lowest BCUT2D eigenvalue weighted by Gasteiger charge is -2.40. The minimum absolute atomic E-state index is 0.00903. The van der Waals surface area contributed by atoms with Crippen LogP contribution >= 0.6 is 15.9 Å². The van der Waals surface area contributed by atoms with Gasteiger partial charge in [-0.2, -0.15) is 0 Å². The fourth-order valence-electron chi connectivity index (χ4n) is 3.10. The number of esters is 1. The van der Waals surface area contributed by atoms with Gasteiger partial charge >= 0.3 is 5.97 Å². The van der Waals surface area contributed by atoms with Gasteiger partial charge < -0.3 is 9.47 Å². The van der Waals surface area contributed by atoms with Gasteiger partial charge in [-0.1, -0.05) is 22.0 Å². The number of methoxy groups -OCH3 is 1. The highest BCUT2D eigenvalue weighted by Gasteiger charge is 2.44. The predicted molar refractivity (Wildman–Crippen MR) is 79.6 cm³/mol. The van der Waals surface area contributed by atoms with Crippen molar-refractivity contribution in [2.75, 3.05) is 7.11 Å². The smallest absolute Gasteiger partial charge is 0.344 e. The van der Waals surface area contributed by atoms with E-state index in [2.05, 4.69) is 26.7 Å². The number of carbonyl (C=O) groups is 2. The number of fused-ring (bicyclic) bond motifs is 2. The van der Waals surface area contributed by atoms with E-state index in [1.54, 1.807) is 0 Å². The fraction of sp³-hybridized carbons (Fsp3) is 0.375. The minimum atomic E-state index is -0.647. The van der Waals surface area contributed by atoms with Gasteiger partial charge in [0.25, 0.3) is 0 Å². The normalized spacial score (nSPS) is 24.1. The number of ether oxygens (including phenoxy) is 2. The summed E-state index contributed by atoms with van der Waals surface area (Å²) in [5.74, 6) is -0.860. The maximum Gasteiger partial charge on any atom is 0.344 e. The third-order valence-corrected chi connectivity index (χ3v) is 4.64. The number of hydrogen-bond acceptors (Lipinski definition) is 4. The molecular weight excluding hydrogens is 336 g/mol. The number of ketones is 1. The molecule has 0 N–H and O–H groups in total. The lowest BCUT2D eigenvalue weighted by molar-refractivity contribution is -0.141. The molecule has 2 aliphatic rings. The Labute approximate surface area is 131 Å². The molecule has 1 spiro atoms. The number of Topliss-reactive ketones (excluding diaryl/α,β-unsaturated/α-hetero) is 1. The van der Waals surface area contributed by atoms with Crippen molar-refractivity contribution in [3.05, 3.63) is 45.6 Å². The summed E-state index contributed by atoms with van der Waals surface area (Å²) < 4.78 is 11.5. The molecule has 110 valence electrons. The second kappa shape index (κ2) is 5.30. The third-order valence-electron chi connectivity index (χ3n) is 4.14. The van der Waals surface area contributed by atoms with Gasteiger partial charge in [-0.25, -0.2) is 4.79 Å². The molecule has 3 rings (SSSR count). The predicted octanol–water partition coefficient (Wildman–Crippen LogP) is 3.03. The molecule has 1 heterocycles. The van der Waals surface area contributed by atoms with Crippen LogP contribution in [0.1, 0.15) is 30.4 Å². The number of benzene rings is 1. The zero-order valence-corrected chi connectivity index (χ0v) is 13.2. The maximum atomic E-state index is 12.3. The van der Waals surface area contributed by atoms with Crippen LogP contribution in [0.5, 0.6) is 0 Å². The van der Waals surface area contributed by atoms with Crippen molar-refractivity contribution in [1.82, 2.24) is 0 Å². The van der Waals surface area contributed by atoms with Crippen LogP contribution in [0.2, 0.25) is 0 Å². The van der Waals surface area contributed by atoms with Gasteiger partial charge in [-0.15, -0.1) is 0 Å². The van der Waals surface area contributed by atoms with Gasteiger partial charge in [0.1, 0.15) is 17.4 Å². The highest BCUT2D eigenvalue weighted by atomic mass is 79.9. The summed E-state index contributed by atoms with van der Waals surface area (Å²) in [6.07, 6.45) is 4.16. The number of halogens is 1. The average molecular weight is 351 g/mol. The Morgan fingerprint density at radius 2 is 2.24 bits per heavy atom. The Morgan fingerprint density at radius 3 is 2.95 bits per heavy atom. The van der Waals surface area contributed by atoms with E-state index in [1.807, 2.05) is 12.1 Å². The van der Waals surface area contributed by atoms with Crippen LogP contribution in [0.3, 0.4) is 0 Å². The van der Waals surface area contributed by atoms with E-state index >= 15 is 0 Å². The van der Waals surface area contributed by atoms with E-state index in [0.29, 0.717) is 0 Å². The summed E-state index contributed by atoms with van der Waals surface area (Å²) in [5.41, 5.74) is 1.58. The molecule has 1 aliphatic carbocycles. The first-order valence-electron chi connectivity index (χ1n) is 6.84. The highest BCUT2D eigenvalue weighted by molar-refractivity contribution is 9.10. The van der Waals surface area contributed by atoms with Gasteiger partial charge in [0.05, 0.1) is 13.5 Å². The molecule has 0 saturated heterocycles. The standard InChI is InChI=1S/C16H15BrO4/c1-20-15(19)12-9-21-16(8-14(12)18)6-2-3-10-4-5-11(17)7-13(10)16/h4-5,7,9H,2-3,6,8H2,1H3. The maximum absolute atomic E-state index is 12.3. The second-order valence-electron chi connectivity index (χ2n) is 5.39. The number of aryl methyl sites for hydroxylation is 1. The van der Waals surface area contributed by atoms with Crippen LogP contribution in [-0.4, -0.2) is 18.9 Å². The Morgan fingerprint density at radius 1 is 1.43 bits per heavy atom. The largest absolute Gasteiger partial charge is 0.489 e. The van der Waals surface area contributed by atoms with Gasteiger partial charge in [0.2, 0.25) is 0 Å². The third kappa shape index (κ3) is 2.39. The topological polar surface area (TPSA) is 52.6 Å². The summed E-state index contributed by atoms with van der Waals surface area (Å²) >= 11 is 3.47. The van der Waals surface area contributed by atoms with Crippen molar-refractivity contribution in [3.63, 3.8) is 0 Å². The Hall–Kier alpha value is -1.62. The molecule has 0 fully saturated rings. The van der Waals surface area contributed by atoms with E-state index in [-0.39, 0.29) is 17.8 Å². The molecule has 1 atom stereocenters. The highest BCUT2D eigenvalue weighted by Crippen LogP contribution is 2.45. The summed E-state index contributed by atoms with van der Waals surface area (Å²) in [6, 6.07) is 6.07. The van der Waals surface area contributed by atoms with Crippen molar-refractivity contribution in [3.8, 4) is 0 Å². The van der Waals surface area contributed by atoms with Crippen LogP contribution in [-0.2, 0) is 31.1 Å². The summed E-state index contributed by atoms with van der Waals surface area (Å²) in [7, 11) is 1.26. The summed E-state index contributed by atoms with van der Waals surface area (Å²) in [6.45, 7) is 0. The molecule has 0 amide bonds. The van der Waals surface area contributed by atoms with Crippen LogP contribution in [0.4, 0.5) is 0 Å². The van der Waals surface area contributed by atoms with Crippen molar-refractivity contribution < 1.29 is 19.1 Å². The minimum Gasteiger partial charge on any atom is -0.489 e. The van der Waals surface area contributed by atoms with Crippen LogP contribution in [0.15, 0.2) is 34.5 Å². The van der Waals surface area contributed by atoms with Gasteiger partial charge in [-0.05, 0) is 37.0 Å². The van der Waals surface area contributed by atoms with Crippen molar-refractivity contribution in [2.24, 2.45) is 0 Å². The fourth-order valence-corrected chi connectivity index (χ4v) is 3.46. The Balaban J connectivity index is 2.02. The van der Waals surface area contributed by atoms with Crippen LogP contribution < -0.4 is 0 Å². The molecular formula is C16H15BrO4. The summed E-state index contributed by atoms with van der Waals surface area (Å²) in [5, 5.41) is 0. The van der Waals surface area contributed by atoms with Gasteiger partial charge in [0, 0.05) is 10.0 Å². The van der Waals surface area contributed by atoms with Crippen molar-refractivity contribution in [1.29, 1.82) is 0 Å². The average Bonchev–Trinajstić information content (AvgIpc) is 2.48. The van der Waals surface area contributed by atoms with E-state index in [9.17, 15) is 9.59 Å². The first kappa shape index (κ1) is 14.3. The van der Waals surface area contributed by atoms with Crippen molar-refractivity contribution >= 4 is 27.7 Å². The van der Waals surface area contributed by atoms with Crippen LogP contribution in [0, 0.1) is 0 Å². The lowest BCUT2D eigenvalue weighted by atomic mass is 9.75. The molecule has 4 nitrogen and oxygen atoms in total. The Bertz CT molecular complexity index is 650. The quantitative estimate of drug-likeness (QED) is 0.577. The van der Waals surface area contributed by atoms with E-state index < -0.39 is 11.6 Å². The first-order valence-corrected chi connectivity index (χ1v) is 7.63. The molecule has 0 saturated carbocycles. The number of rotatable bonds is 1. The van der Waals surface area contributed by atoms with Crippen LogP contribution in [0.25, 0.3) is 0 Å². The van der Waals surface area contributed by atoms with Gasteiger partial charge in [0.15, 0.2) is 5.78 Å². The first-order chi connectivity index (χ1) is 10.1. The molecule has 21 heavy (non-hydrogen) atoms. The molecule has 1 aromatic rings.